The standard InChI is InChI=1S/C31H42N2O3/c1-24(34)36-29-15-10-14-26(21-29)31-19-20-32(2)23-27(31)17-18-28(22-31)33(3)30(35)16-9-5-8-13-25-11-6-4-7-12-25/h4,6-7,10-12,14-15,21,27-28H,5,8-9,13,16-20,22-23H2,1-3H3/t27-,28+,31+/m1/s1. The van der Waals surface area contributed by atoms with E-state index in [1.54, 1.807) is 0 Å². The number of hydrogen-bond donors (Lipinski definition) is 0. The van der Waals surface area contributed by atoms with E-state index in [-0.39, 0.29) is 23.3 Å². The van der Waals surface area contributed by atoms with Gasteiger partial charge >= 0.3 is 5.97 Å². The van der Waals surface area contributed by atoms with E-state index >= 15 is 0 Å². The Morgan fingerprint density at radius 3 is 2.64 bits per heavy atom. The normalized spacial score (nSPS) is 24.1. The maximum atomic E-state index is 13.2. The van der Waals surface area contributed by atoms with Crippen molar-refractivity contribution in [1.82, 2.24) is 9.80 Å². The van der Waals surface area contributed by atoms with Gasteiger partial charge in [0.05, 0.1) is 0 Å². The highest BCUT2D eigenvalue weighted by Gasteiger charge is 2.48. The van der Waals surface area contributed by atoms with Gasteiger partial charge in [-0.2, -0.15) is 0 Å². The Bertz CT molecular complexity index is 1020. The second kappa shape index (κ2) is 12.1. The monoisotopic (exact) mass is 490 g/mol. The summed E-state index contributed by atoms with van der Waals surface area (Å²) in [5.41, 5.74) is 2.64. The van der Waals surface area contributed by atoms with E-state index in [2.05, 4.69) is 54.4 Å². The zero-order valence-corrected chi connectivity index (χ0v) is 22.2. The maximum Gasteiger partial charge on any atom is 0.308 e. The fourth-order valence-electron chi connectivity index (χ4n) is 6.46. The third kappa shape index (κ3) is 6.36. The number of rotatable bonds is 9. The predicted octanol–water partition coefficient (Wildman–Crippen LogP) is 5.62. The topological polar surface area (TPSA) is 49.9 Å². The molecule has 1 saturated heterocycles. The fourth-order valence-corrected chi connectivity index (χ4v) is 6.46. The smallest absolute Gasteiger partial charge is 0.308 e. The van der Waals surface area contributed by atoms with Crippen LogP contribution in [0.4, 0.5) is 0 Å². The lowest BCUT2D eigenvalue weighted by Gasteiger charge is -2.53. The molecule has 0 unspecified atom stereocenters. The second-order valence-corrected chi connectivity index (χ2v) is 11.0. The first kappa shape index (κ1) is 26.4. The van der Waals surface area contributed by atoms with Gasteiger partial charge in [-0.1, -0.05) is 48.9 Å². The van der Waals surface area contributed by atoms with E-state index in [0.29, 0.717) is 18.1 Å². The molecule has 36 heavy (non-hydrogen) atoms. The van der Waals surface area contributed by atoms with Crippen LogP contribution in [-0.2, 0) is 21.4 Å². The van der Waals surface area contributed by atoms with Crippen LogP contribution in [0.5, 0.6) is 5.75 Å². The van der Waals surface area contributed by atoms with Crippen LogP contribution in [0.3, 0.4) is 0 Å². The molecule has 2 aromatic rings. The SMILES string of the molecule is CC(=O)Oc1cccc([C@@]23CCN(C)C[C@H]2CC[C@H](N(C)C(=O)CCCCCc2ccccc2)C3)c1. The number of esters is 1. The summed E-state index contributed by atoms with van der Waals surface area (Å²) in [5, 5.41) is 0. The molecular weight excluding hydrogens is 448 g/mol. The van der Waals surface area contributed by atoms with Crippen molar-refractivity contribution in [2.45, 2.75) is 76.2 Å². The number of carbonyl (C=O) groups excluding carboxylic acids is 2. The van der Waals surface area contributed by atoms with Gasteiger partial charge in [0.1, 0.15) is 5.75 Å². The largest absolute Gasteiger partial charge is 0.427 e. The summed E-state index contributed by atoms with van der Waals surface area (Å²) in [6.07, 6.45) is 9.08. The molecule has 1 amide bonds. The lowest BCUT2D eigenvalue weighted by molar-refractivity contribution is -0.134. The second-order valence-electron chi connectivity index (χ2n) is 11.0. The van der Waals surface area contributed by atoms with Gasteiger partial charge in [-0.05, 0) is 87.7 Å². The quantitative estimate of drug-likeness (QED) is 0.260. The number of hydrogen-bond acceptors (Lipinski definition) is 4. The summed E-state index contributed by atoms with van der Waals surface area (Å²) in [6, 6.07) is 19.0. The fraction of sp³-hybridized carbons (Fsp3) is 0.548. The number of carbonyl (C=O) groups is 2. The average molecular weight is 491 g/mol. The Labute approximate surface area is 216 Å². The molecule has 5 nitrogen and oxygen atoms in total. The summed E-state index contributed by atoms with van der Waals surface area (Å²) >= 11 is 0. The average Bonchev–Trinajstić information content (AvgIpc) is 2.88. The Morgan fingerprint density at radius 1 is 1.06 bits per heavy atom. The highest BCUT2D eigenvalue weighted by molar-refractivity contribution is 5.76. The molecule has 1 aliphatic heterocycles. The lowest BCUT2D eigenvalue weighted by Crippen LogP contribution is -2.55. The van der Waals surface area contributed by atoms with Crippen LogP contribution < -0.4 is 4.74 Å². The molecule has 0 N–H and O–H groups in total. The molecule has 1 heterocycles. The van der Waals surface area contributed by atoms with Gasteiger partial charge in [-0.25, -0.2) is 0 Å². The number of benzene rings is 2. The number of likely N-dealkylation sites (tertiary alicyclic amines) is 1. The highest BCUT2D eigenvalue weighted by Crippen LogP contribution is 2.50. The summed E-state index contributed by atoms with van der Waals surface area (Å²) in [7, 11) is 4.22. The molecule has 0 radical (unpaired) electrons. The van der Waals surface area contributed by atoms with Gasteiger partial charge in [0.25, 0.3) is 0 Å². The molecule has 2 fully saturated rings. The maximum absolute atomic E-state index is 13.2. The van der Waals surface area contributed by atoms with Crippen molar-refractivity contribution in [3.8, 4) is 5.75 Å². The molecule has 2 aromatic carbocycles. The summed E-state index contributed by atoms with van der Waals surface area (Å²) in [5.74, 6) is 1.14. The van der Waals surface area contributed by atoms with Crippen molar-refractivity contribution < 1.29 is 14.3 Å². The van der Waals surface area contributed by atoms with Crippen LogP contribution in [0, 0.1) is 5.92 Å². The van der Waals surface area contributed by atoms with Gasteiger partial charge in [-0.3, -0.25) is 9.59 Å². The number of ether oxygens (including phenoxy) is 1. The van der Waals surface area contributed by atoms with Crippen molar-refractivity contribution in [2.24, 2.45) is 5.92 Å². The molecule has 5 heteroatoms. The molecule has 1 saturated carbocycles. The molecule has 2 aliphatic rings. The number of nitrogens with zero attached hydrogens (tertiary/aromatic N) is 2. The van der Waals surface area contributed by atoms with E-state index in [1.807, 2.05) is 24.1 Å². The minimum atomic E-state index is -0.291. The van der Waals surface area contributed by atoms with Crippen LogP contribution in [0.1, 0.15) is 69.4 Å². The van der Waals surface area contributed by atoms with Gasteiger partial charge in [0.15, 0.2) is 0 Å². The number of unbranched alkanes of at least 4 members (excludes halogenated alkanes) is 2. The zero-order chi connectivity index (χ0) is 25.5. The third-order valence-electron chi connectivity index (χ3n) is 8.51. The number of aryl methyl sites for hydroxylation is 1. The summed E-state index contributed by atoms with van der Waals surface area (Å²) in [6.45, 7) is 3.56. The van der Waals surface area contributed by atoms with Crippen molar-refractivity contribution >= 4 is 11.9 Å². The summed E-state index contributed by atoms with van der Waals surface area (Å²) in [4.78, 5) is 29.2. The summed E-state index contributed by atoms with van der Waals surface area (Å²) < 4.78 is 5.43. The molecule has 0 aromatic heterocycles. The highest BCUT2D eigenvalue weighted by atomic mass is 16.5. The van der Waals surface area contributed by atoms with Crippen LogP contribution in [0.15, 0.2) is 54.6 Å². The molecule has 3 atom stereocenters. The molecule has 194 valence electrons. The minimum absolute atomic E-state index is 0.00973. The Balaban J connectivity index is 1.39. The number of fused-ring (bicyclic) bond motifs is 1. The van der Waals surface area contributed by atoms with E-state index in [1.165, 1.54) is 18.1 Å². The molecule has 1 aliphatic carbocycles. The van der Waals surface area contributed by atoms with E-state index in [9.17, 15) is 9.59 Å². The number of amides is 1. The van der Waals surface area contributed by atoms with E-state index in [0.717, 1.165) is 64.5 Å². The lowest BCUT2D eigenvalue weighted by atomic mass is 9.58. The Hall–Kier alpha value is -2.66. The molecular formula is C31H42N2O3. The number of piperidine rings is 1. The molecule has 0 spiro atoms. The zero-order valence-electron chi connectivity index (χ0n) is 22.2. The van der Waals surface area contributed by atoms with Gasteiger partial charge in [-0.15, -0.1) is 0 Å². The molecule has 0 bridgehead atoms. The van der Waals surface area contributed by atoms with Gasteiger partial charge < -0.3 is 14.5 Å². The van der Waals surface area contributed by atoms with Crippen molar-refractivity contribution in [1.29, 1.82) is 0 Å². The first-order valence-electron chi connectivity index (χ1n) is 13.6. The van der Waals surface area contributed by atoms with Crippen LogP contribution in [-0.4, -0.2) is 54.9 Å². The first-order chi connectivity index (χ1) is 17.4. The third-order valence-corrected chi connectivity index (χ3v) is 8.51. The minimum Gasteiger partial charge on any atom is -0.427 e. The first-order valence-corrected chi connectivity index (χ1v) is 13.6. The Kier molecular flexibility index (Phi) is 8.84. The Morgan fingerprint density at radius 2 is 1.86 bits per heavy atom. The van der Waals surface area contributed by atoms with Crippen LogP contribution >= 0.6 is 0 Å². The van der Waals surface area contributed by atoms with E-state index < -0.39 is 0 Å². The molecule has 4 rings (SSSR count). The predicted molar refractivity (Wildman–Crippen MR) is 144 cm³/mol. The van der Waals surface area contributed by atoms with Gasteiger partial charge in [0, 0.05) is 38.4 Å². The van der Waals surface area contributed by atoms with Gasteiger partial charge in [0.2, 0.25) is 5.91 Å². The van der Waals surface area contributed by atoms with Crippen LogP contribution in [0.25, 0.3) is 0 Å². The van der Waals surface area contributed by atoms with Crippen molar-refractivity contribution in [3.63, 3.8) is 0 Å². The van der Waals surface area contributed by atoms with Crippen LogP contribution in [0.2, 0.25) is 0 Å². The van der Waals surface area contributed by atoms with E-state index in [4.69, 9.17) is 4.74 Å². The van der Waals surface area contributed by atoms with Crippen molar-refractivity contribution in [2.75, 3.05) is 27.2 Å². The van der Waals surface area contributed by atoms with Crippen molar-refractivity contribution in [3.05, 3.63) is 65.7 Å².